The number of pyridine rings is 1. The van der Waals surface area contributed by atoms with Crippen LogP contribution >= 0.6 is 0 Å². The van der Waals surface area contributed by atoms with Crippen molar-refractivity contribution in [3.63, 3.8) is 0 Å². The minimum atomic E-state index is -1.13. The van der Waals surface area contributed by atoms with Crippen molar-refractivity contribution in [3.8, 4) is 0 Å². The maximum absolute atomic E-state index is 13.4. The summed E-state index contributed by atoms with van der Waals surface area (Å²) in [6.45, 7) is 9.10. The molecule has 2 unspecified atom stereocenters. The molecule has 2 aliphatic heterocycles. The molecule has 1 fully saturated rings. The molecule has 1 amide bonds. The summed E-state index contributed by atoms with van der Waals surface area (Å²) in [6, 6.07) is 8.43. The minimum absolute atomic E-state index is 0.0286. The molecule has 7 nitrogen and oxygen atoms in total. The first-order valence-corrected chi connectivity index (χ1v) is 11.5. The topological polar surface area (TPSA) is 88.9 Å². The molecule has 3 heterocycles. The fourth-order valence-electron chi connectivity index (χ4n) is 4.81. The predicted octanol–water partition coefficient (Wildman–Crippen LogP) is 1.76. The number of halogens is 1. The monoisotopic (exact) mass is 456 g/mol. The summed E-state index contributed by atoms with van der Waals surface area (Å²) in [6.07, 6.45) is -0.723. The van der Waals surface area contributed by atoms with Gasteiger partial charge in [-0.3, -0.25) is 14.7 Å². The number of anilines is 1. The summed E-state index contributed by atoms with van der Waals surface area (Å²) in [4.78, 5) is 22.1. The summed E-state index contributed by atoms with van der Waals surface area (Å²) in [5.41, 5.74) is 3.08. The van der Waals surface area contributed by atoms with Gasteiger partial charge in [-0.25, -0.2) is 4.39 Å². The van der Waals surface area contributed by atoms with Gasteiger partial charge in [0.2, 0.25) is 5.91 Å². The lowest BCUT2D eigenvalue weighted by Gasteiger charge is -2.32. The number of nitrogens with zero attached hydrogens (tertiary/aromatic N) is 3. The van der Waals surface area contributed by atoms with Crippen molar-refractivity contribution in [1.29, 1.82) is 0 Å². The number of hydrogen-bond donors (Lipinski definition) is 3. The standard InChI is InChI=1S/C25H33FN4O3/c1-16-12-29(9-8-27-16)13-22(33)30-15-25(2,3)24-20(30)11-18(23(28-24)21(32)14-31)10-17-4-6-19(26)7-5-17/h4-7,11,16,21,27,31-32H,8-10,12-15H2,1-3H3. The molecule has 2 atom stereocenters. The maximum atomic E-state index is 13.4. The molecule has 2 aliphatic rings. The van der Waals surface area contributed by atoms with Gasteiger partial charge >= 0.3 is 0 Å². The van der Waals surface area contributed by atoms with E-state index in [1.165, 1.54) is 12.1 Å². The molecule has 0 bridgehead atoms. The van der Waals surface area contributed by atoms with E-state index in [-0.39, 0.29) is 17.1 Å². The Kier molecular flexibility index (Phi) is 6.81. The molecule has 0 aliphatic carbocycles. The molecule has 0 spiro atoms. The third-order valence-electron chi connectivity index (χ3n) is 6.51. The number of aliphatic hydroxyl groups excluding tert-OH is 2. The van der Waals surface area contributed by atoms with Crippen LogP contribution in [-0.4, -0.2) is 71.4 Å². The second-order valence-corrected chi connectivity index (χ2v) is 9.86. The minimum Gasteiger partial charge on any atom is -0.393 e. The van der Waals surface area contributed by atoms with Crippen LogP contribution in [0.5, 0.6) is 0 Å². The number of nitrogens with one attached hydrogen (secondary N) is 1. The number of fused-ring (bicyclic) bond motifs is 1. The Morgan fingerprint density at radius 1 is 1.33 bits per heavy atom. The fourth-order valence-corrected chi connectivity index (χ4v) is 4.81. The number of carbonyl (C=O) groups is 1. The summed E-state index contributed by atoms with van der Waals surface area (Å²) < 4.78 is 13.4. The van der Waals surface area contributed by atoms with Gasteiger partial charge in [-0.1, -0.05) is 26.0 Å². The Bertz CT molecular complexity index is 1010. The van der Waals surface area contributed by atoms with Gasteiger partial charge in [0.05, 0.1) is 30.2 Å². The van der Waals surface area contributed by atoms with Crippen molar-refractivity contribution >= 4 is 11.6 Å². The van der Waals surface area contributed by atoms with E-state index < -0.39 is 12.7 Å². The average Bonchev–Trinajstić information content (AvgIpc) is 3.04. The van der Waals surface area contributed by atoms with Crippen molar-refractivity contribution in [2.45, 2.75) is 44.8 Å². The molecule has 1 aromatic heterocycles. The van der Waals surface area contributed by atoms with Crippen LogP contribution in [0.2, 0.25) is 0 Å². The molecule has 178 valence electrons. The number of aliphatic hydroxyl groups is 2. The van der Waals surface area contributed by atoms with E-state index in [0.29, 0.717) is 36.8 Å². The first-order chi connectivity index (χ1) is 15.7. The van der Waals surface area contributed by atoms with E-state index in [0.717, 1.165) is 36.6 Å². The van der Waals surface area contributed by atoms with Crippen LogP contribution < -0.4 is 10.2 Å². The Hall–Kier alpha value is -2.39. The normalized spacial score (nSPS) is 21.2. The zero-order valence-electron chi connectivity index (χ0n) is 19.5. The Morgan fingerprint density at radius 2 is 2.06 bits per heavy atom. The first-order valence-electron chi connectivity index (χ1n) is 11.5. The lowest BCUT2D eigenvalue weighted by Crippen LogP contribution is -2.52. The Balaban J connectivity index is 1.68. The third-order valence-corrected chi connectivity index (χ3v) is 6.51. The third kappa shape index (κ3) is 5.09. The first kappa shape index (κ1) is 23.8. The summed E-state index contributed by atoms with van der Waals surface area (Å²) in [5.74, 6) is -0.289. The predicted molar refractivity (Wildman–Crippen MR) is 125 cm³/mol. The summed E-state index contributed by atoms with van der Waals surface area (Å²) in [7, 11) is 0. The van der Waals surface area contributed by atoms with Crippen molar-refractivity contribution in [2.75, 3.05) is 44.2 Å². The van der Waals surface area contributed by atoms with Gasteiger partial charge in [-0.15, -0.1) is 0 Å². The molecule has 0 saturated carbocycles. The highest BCUT2D eigenvalue weighted by atomic mass is 19.1. The smallest absolute Gasteiger partial charge is 0.241 e. The molecule has 4 rings (SSSR count). The van der Waals surface area contributed by atoms with Crippen LogP contribution in [0.15, 0.2) is 30.3 Å². The molecule has 8 heteroatoms. The van der Waals surface area contributed by atoms with E-state index in [9.17, 15) is 19.4 Å². The Morgan fingerprint density at radius 3 is 2.73 bits per heavy atom. The van der Waals surface area contributed by atoms with Gasteiger partial charge in [0.15, 0.2) is 0 Å². The van der Waals surface area contributed by atoms with Gasteiger partial charge in [0.25, 0.3) is 0 Å². The molecule has 2 aromatic rings. The average molecular weight is 457 g/mol. The zero-order chi connectivity index (χ0) is 23.8. The van der Waals surface area contributed by atoms with E-state index in [4.69, 9.17) is 4.98 Å². The SMILES string of the molecule is CC1CN(CC(=O)N2CC(C)(C)c3nc(C(O)CO)c(Cc4ccc(F)cc4)cc32)CCN1. The van der Waals surface area contributed by atoms with Gasteiger partial charge in [0.1, 0.15) is 11.9 Å². The van der Waals surface area contributed by atoms with Gasteiger partial charge < -0.3 is 20.4 Å². The molecule has 3 N–H and O–H groups in total. The highest BCUT2D eigenvalue weighted by Crippen LogP contribution is 2.41. The van der Waals surface area contributed by atoms with E-state index in [2.05, 4.69) is 17.1 Å². The molecule has 0 radical (unpaired) electrons. The lowest BCUT2D eigenvalue weighted by molar-refractivity contribution is -0.120. The van der Waals surface area contributed by atoms with E-state index in [1.54, 1.807) is 17.0 Å². The highest BCUT2D eigenvalue weighted by Gasteiger charge is 2.41. The Labute approximate surface area is 194 Å². The number of hydrogen-bond acceptors (Lipinski definition) is 6. The quantitative estimate of drug-likeness (QED) is 0.614. The van der Waals surface area contributed by atoms with Crippen molar-refractivity contribution < 1.29 is 19.4 Å². The zero-order valence-corrected chi connectivity index (χ0v) is 19.5. The van der Waals surface area contributed by atoms with Crippen LogP contribution in [0.25, 0.3) is 0 Å². The summed E-state index contributed by atoms with van der Waals surface area (Å²) in [5, 5.41) is 23.5. The number of carbonyl (C=O) groups excluding carboxylic acids is 1. The lowest BCUT2D eigenvalue weighted by atomic mass is 9.90. The molecule has 1 aromatic carbocycles. The second kappa shape index (κ2) is 9.46. The molecule has 33 heavy (non-hydrogen) atoms. The van der Waals surface area contributed by atoms with Crippen molar-refractivity contribution in [2.24, 2.45) is 0 Å². The summed E-state index contributed by atoms with van der Waals surface area (Å²) >= 11 is 0. The van der Waals surface area contributed by atoms with Gasteiger partial charge in [-0.2, -0.15) is 0 Å². The van der Waals surface area contributed by atoms with Crippen LogP contribution in [0, 0.1) is 5.82 Å². The number of benzene rings is 1. The van der Waals surface area contributed by atoms with Crippen molar-refractivity contribution in [1.82, 2.24) is 15.2 Å². The number of aromatic nitrogens is 1. The van der Waals surface area contributed by atoms with E-state index in [1.807, 2.05) is 19.9 Å². The van der Waals surface area contributed by atoms with Crippen LogP contribution in [0.1, 0.15) is 49.4 Å². The molecular formula is C25H33FN4O3. The molecule has 1 saturated heterocycles. The maximum Gasteiger partial charge on any atom is 0.241 e. The van der Waals surface area contributed by atoms with Crippen LogP contribution in [0.4, 0.5) is 10.1 Å². The van der Waals surface area contributed by atoms with Crippen LogP contribution in [0.3, 0.4) is 0 Å². The van der Waals surface area contributed by atoms with E-state index >= 15 is 0 Å². The number of amides is 1. The van der Waals surface area contributed by atoms with Gasteiger partial charge in [0, 0.05) is 37.6 Å². The highest BCUT2D eigenvalue weighted by molar-refractivity contribution is 5.97. The molecular weight excluding hydrogens is 423 g/mol. The van der Waals surface area contributed by atoms with Crippen molar-refractivity contribution in [3.05, 3.63) is 58.7 Å². The largest absolute Gasteiger partial charge is 0.393 e. The number of rotatable bonds is 6. The second-order valence-electron chi connectivity index (χ2n) is 9.86. The fraction of sp³-hybridized carbons (Fsp3) is 0.520. The van der Waals surface area contributed by atoms with Gasteiger partial charge in [-0.05, 0) is 42.7 Å². The van der Waals surface area contributed by atoms with Crippen LogP contribution in [-0.2, 0) is 16.6 Å². The number of piperazine rings is 1.